The van der Waals surface area contributed by atoms with Gasteiger partial charge in [0.15, 0.2) is 10.8 Å². The fourth-order valence-electron chi connectivity index (χ4n) is 2.55. The lowest BCUT2D eigenvalue weighted by atomic mass is 10.1. The van der Waals surface area contributed by atoms with Crippen LogP contribution in [0.1, 0.15) is 16.8 Å². The second-order valence-electron chi connectivity index (χ2n) is 5.05. The molecule has 0 saturated carbocycles. The molecule has 1 aromatic carbocycles. The first-order chi connectivity index (χ1) is 9.60. The van der Waals surface area contributed by atoms with Crippen molar-refractivity contribution in [3.05, 3.63) is 46.6 Å². The molecule has 4 nitrogen and oxygen atoms in total. The van der Waals surface area contributed by atoms with Crippen LogP contribution in [0, 0.1) is 13.8 Å². The van der Waals surface area contributed by atoms with E-state index in [9.17, 15) is 0 Å². The zero-order valence-electron chi connectivity index (χ0n) is 11.9. The van der Waals surface area contributed by atoms with Crippen LogP contribution in [0.25, 0.3) is 4.96 Å². The summed E-state index contributed by atoms with van der Waals surface area (Å²) in [5, 5.41) is 2.03. The van der Waals surface area contributed by atoms with Gasteiger partial charge in [-0.05, 0) is 37.1 Å². The molecule has 104 valence electrons. The minimum Gasteiger partial charge on any atom is -0.328 e. The molecule has 20 heavy (non-hydrogen) atoms. The lowest BCUT2D eigenvalue weighted by Crippen LogP contribution is -2.14. The fraction of sp³-hybridized carbons (Fsp3) is 0.267. The van der Waals surface area contributed by atoms with E-state index in [4.69, 9.17) is 10.7 Å². The van der Waals surface area contributed by atoms with Gasteiger partial charge in [0.2, 0.25) is 0 Å². The zero-order chi connectivity index (χ0) is 14.3. The van der Waals surface area contributed by atoms with Crippen LogP contribution in [0.4, 0.5) is 11.5 Å². The zero-order valence-corrected chi connectivity index (χ0v) is 12.7. The highest BCUT2D eigenvalue weighted by Gasteiger charge is 2.16. The molecule has 0 fully saturated rings. The molecular weight excluding hydrogens is 268 g/mol. The van der Waals surface area contributed by atoms with Gasteiger partial charge in [-0.3, -0.25) is 4.40 Å². The minimum atomic E-state index is 0.475. The Hall–Kier alpha value is -1.85. The molecule has 0 atom stereocenters. The van der Waals surface area contributed by atoms with Crippen LogP contribution in [0.5, 0.6) is 0 Å². The average Bonchev–Trinajstić information content (AvgIpc) is 2.96. The summed E-state index contributed by atoms with van der Waals surface area (Å²) in [6.45, 7) is 4.70. The van der Waals surface area contributed by atoms with Crippen molar-refractivity contribution in [2.24, 2.45) is 5.73 Å². The van der Waals surface area contributed by atoms with Crippen molar-refractivity contribution in [1.82, 2.24) is 9.38 Å². The van der Waals surface area contributed by atoms with Gasteiger partial charge in [-0.15, -0.1) is 11.3 Å². The van der Waals surface area contributed by atoms with Crippen LogP contribution in [-0.4, -0.2) is 16.4 Å². The van der Waals surface area contributed by atoms with Crippen molar-refractivity contribution < 1.29 is 0 Å². The number of thiazole rings is 1. The Balaban J connectivity index is 2.11. The number of anilines is 2. The molecule has 0 aliphatic heterocycles. The largest absolute Gasteiger partial charge is 0.328 e. The number of hydrogen-bond acceptors (Lipinski definition) is 4. The van der Waals surface area contributed by atoms with E-state index in [1.165, 1.54) is 11.1 Å². The highest BCUT2D eigenvalue weighted by molar-refractivity contribution is 7.15. The van der Waals surface area contributed by atoms with Gasteiger partial charge < -0.3 is 10.6 Å². The summed E-state index contributed by atoms with van der Waals surface area (Å²) < 4.78 is 2.07. The smallest absolute Gasteiger partial charge is 0.195 e. The maximum absolute atomic E-state index is 5.91. The molecule has 5 heteroatoms. The van der Waals surface area contributed by atoms with Crippen LogP contribution in [0.15, 0.2) is 29.8 Å². The average molecular weight is 286 g/mol. The van der Waals surface area contributed by atoms with E-state index >= 15 is 0 Å². The van der Waals surface area contributed by atoms with Gasteiger partial charge in [0.05, 0.1) is 5.69 Å². The highest BCUT2D eigenvalue weighted by Crippen LogP contribution is 2.29. The Morgan fingerprint density at radius 2 is 1.95 bits per heavy atom. The van der Waals surface area contributed by atoms with Crippen molar-refractivity contribution in [1.29, 1.82) is 0 Å². The summed E-state index contributed by atoms with van der Waals surface area (Å²) in [7, 11) is 2.04. The number of nitrogens with two attached hydrogens (primary N) is 1. The van der Waals surface area contributed by atoms with Gasteiger partial charge in [-0.1, -0.05) is 6.07 Å². The van der Waals surface area contributed by atoms with Gasteiger partial charge in [0.25, 0.3) is 0 Å². The SMILES string of the molecule is Cc1cc(C)cc(N(C)c2nc3sccn3c2CN)c1. The summed E-state index contributed by atoms with van der Waals surface area (Å²) in [6.07, 6.45) is 2.02. The molecular formula is C15H18N4S. The quantitative estimate of drug-likeness (QED) is 0.804. The molecule has 0 unspecified atom stereocenters. The summed E-state index contributed by atoms with van der Waals surface area (Å²) in [5.74, 6) is 0.935. The Bertz CT molecular complexity index is 736. The first-order valence-corrected chi connectivity index (χ1v) is 7.44. The summed E-state index contributed by atoms with van der Waals surface area (Å²) in [6, 6.07) is 6.51. The van der Waals surface area contributed by atoms with Crippen LogP contribution in [-0.2, 0) is 6.54 Å². The summed E-state index contributed by atoms with van der Waals surface area (Å²) in [4.78, 5) is 7.80. The lowest BCUT2D eigenvalue weighted by molar-refractivity contribution is 0.954. The van der Waals surface area contributed by atoms with E-state index in [1.54, 1.807) is 11.3 Å². The van der Waals surface area contributed by atoms with E-state index in [2.05, 4.69) is 41.3 Å². The van der Waals surface area contributed by atoms with Crippen molar-refractivity contribution in [3.63, 3.8) is 0 Å². The van der Waals surface area contributed by atoms with E-state index in [0.717, 1.165) is 22.2 Å². The molecule has 0 aliphatic carbocycles. The lowest BCUT2D eigenvalue weighted by Gasteiger charge is -2.19. The number of nitrogens with zero attached hydrogens (tertiary/aromatic N) is 3. The van der Waals surface area contributed by atoms with Crippen LogP contribution < -0.4 is 10.6 Å². The van der Waals surface area contributed by atoms with Crippen molar-refractivity contribution in [2.45, 2.75) is 20.4 Å². The van der Waals surface area contributed by atoms with Crippen molar-refractivity contribution in [3.8, 4) is 0 Å². The van der Waals surface area contributed by atoms with E-state index in [1.807, 2.05) is 18.6 Å². The molecule has 3 aromatic rings. The summed E-state index contributed by atoms with van der Waals surface area (Å²) >= 11 is 1.63. The van der Waals surface area contributed by atoms with Gasteiger partial charge >= 0.3 is 0 Å². The first-order valence-electron chi connectivity index (χ1n) is 6.56. The topological polar surface area (TPSA) is 46.6 Å². The number of rotatable bonds is 3. The van der Waals surface area contributed by atoms with Gasteiger partial charge in [0.1, 0.15) is 0 Å². The normalized spacial score (nSPS) is 11.2. The van der Waals surface area contributed by atoms with Crippen LogP contribution in [0.3, 0.4) is 0 Å². The molecule has 0 bridgehead atoms. The summed E-state index contributed by atoms with van der Waals surface area (Å²) in [5.41, 5.74) is 10.6. The predicted octanol–water partition coefficient (Wildman–Crippen LogP) is 3.24. The molecule has 2 heterocycles. The number of aromatic nitrogens is 2. The Morgan fingerprint density at radius 1 is 1.25 bits per heavy atom. The van der Waals surface area contributed by atoms with E-state index < -0.39 is 0 Å². The van der Waals surface area contributed by atoms with Gasteiger partial charge in [-0.2, -0.15) is 0 Å². The maximum Gasteiger partial charge on any atom is 0.195 e. The number of fused-ring (bicyclic) bond motifs is 1. The molecule has 0 amide bonds. The molecule has 0 spiro atoms. The number of imidazole rings is 1. The Morgan fingerprint density at radius 3 is 2.60 bits per heavy atom. The minimum absolute atomic E-state index is 0.475. The second kappa shape index (κ2) is 4.92. The third-order valence-electron chi connectivity index (χ3n) is 3.44. The third-order valence-corrected chi connectivity index (χ3v) is 4.20. The molecule has 0 radical (unpaired) electrons. The highest BCUT2D eigenvalue weighted by atomic mass is 32.1. The molecule has 3 rings (SSSR count). The first kappa shape index (κ1) is 13.1. The van der Waals surface area contributed by atoms with Crippen LogP contribution >= 0.6 is 11.3 Å². The molecule has 2 aromatic heterocycles. The second-order valence-corrected chi connectivity index (χ2v) is 5.92. The molecule has 0 aliphatic rings. The maximum atomic E-state index is 5.91. The Labute approximate surface area is 122 Å². The molecule has 2 N–H and O–H groups in total. The monoisotopic (exact) mass is 286 g/mol. The van der Waals surface area contributed by atoms with Crippen molar-refractivity contribution in [2.75, 3.05) is 11.9 Å². The number of hydrogen-bond donors (Lipinski definition) is 1. The Kier molecular flexibility index (Phi) is 3.23. The van der Waals surface area contributed by atoms with Gasteiger partial charge in [-0.25, -0.2) is 4.98 Å². The standard InChI is InChI=1S/C15H18N4S/c1-10-6-11(2)8-12(7-10)18(3)14-13(9-16)19-4-5-20-15(19)17-14/h4-8H,9,16H2,1-3H3. The predicted molar refractivity (Wildman–Crippen MR) is 84.9 cm³/mol. The third kappa shape index (κ3) is 2.09. The van der Waals surface area contributed by atoms with Crippen molar-refractivity contribution >= 4 is 27.8 Å². The van der Waals surface area contributed by atoms with E-state index in [0.29, 0.717) is 6.54 Å². The van der Waals surface area contributed by atoms with Gasteiger partial charge in [0, 0.05) is 30.9 Å². The van der Waals surface area contributed by atoms with Crippen LogP contribution in [0.2, 0.25) is 0 Å². The fourth-order valence-corrected chi connectivity index (χ4v) is 3.27. The number of aryl methyl sites for hydroxylation is 2. The number of benzene rings is 1. The van der Waals surface area contributed by atoms with E-state index in [-0.39, 0.29) is 0 Å². The molecule has 0 saturated heterocycles.